The third-order valence-electron chi connectivity index (χ3n) is 4.90. The number of ether oxygens (including phenoxy) is 1. The van der Waals surface area contributed by atoms with Crippen molar-refractivity contribution in [2.24, 2.45) is 5.41 Å². The molecule has 1 N–H and O–H groups in total. The Morgan fingerprint density at radius 3 is 2.91 bits per heavy atom. The summed E-state index contributed by atoms with van der Waals surface area (Å²) in [7, 11) is 1.36. The lowest BCUT2D eigenvalue weighted by atomic mass is 9.88. The molecule has 1 atom stereocenters. The molecule has 7 heteroatoms. The summed E-state index contributed by atoms with van der Waals surface area (Å²) in [5.41, 5.74) is 0.701. The molecule has 2 aliphatic rings. The molecular formula is C15H25N5O2. The van der Waals surface area contributed by atoms with Gasteiger partial charge in [-0.05, 0) is 31.2 Å². The van der Waals surface area contributed by atoms with E-state index in [0.717, 1.165) is 45.6 Å². The van der Waals surface area contributed by atoms with Crippen LogP contribution in [-0.2, 0) is 4.74 Å². The van der Waals surface area contributed by atoms with E-state index < -0.39 is 5.97 Å². The number of likely N-dealkylation sites (tertiary alicyclic amines) is 1. The highest BCUT2D eigenvalue weighted by Gasteiger charge is 2.32. The van der Waals surface area contributed by atoms with Crippen molar-refractivity contribution >= 4 is 5.97 Å². The minimum absolute atomic E-state index is 0.287. The zero-order valence-corrected chi connectivity index (χ0v) is 13.4. The molecule has 0 amide bonds. The predicted molar refractivity (Wildman–Crippen MR) is 81.7 cm³/mol. The molecule has 1 aromatic rings. The molecule has 2 saturated heterocycles. The zero-order chi connectivity index (χ0) is 15.6. The highest BCUT2D eigenvalue weighted by Crippen LogP contribution is 2.29. The van der Waals surface area contributed by atoms with Gasteiger partial charge in [-0.25, -0.2) is 9.48 Å². The minimum Gasteiger partial charge on any atom is -0.464 e. The van der Waals surface area contributed by atoms with Gasteiger partial charge >= 0.3 is 5.97 Å². The fourth-order valence-electron chi connectivity index (χ4n) is 3.54. The van der Waals surface area contributed by atoms with Gasteiger partial charge in [-0.3, -0.25) is 0 Å². The van der Waals surface area contributed by atoms with Crippen LogP contribution in [0.15, 0.2) is 6.20 Å². The molecule has 0 spiro atoms. The van der Waals surface area contributed by atoms with Gasteiger partial charge in [-0.2, -0.15) is 0 Å². The van der Waals surface area contributed by atoms with Gasteiger partial charge < -0.3 is 15.0 Å². The normalized spacial score (nSPS) is 27.2. The summed E-state index contributed by atoms with van der Waals surface area (Å²) in [5.74, 6) is -0.426. The quantitative estimate of drug-likeness (QED) is 0.826. The van der Waals surface area contributed by atoms with Crippen LogP contribution in [0.3, 0.4) is 0 Å². The maximum Gasteiger partial charge on any atom is 0.360 e. The third kappa shape index (κ3) is 3.30. The Morgan fingerprint density at radius 1 is 1.50 bits per heavy atom. The molecule has 22 heavy (non-hydrogen) atoms. The van der Waals surface area contributed by atoms with Gasteiger partial charge in [-0.15, -0.1) is 5.10 Å². The molecule has 0 bridgehead atoms. The number of esters is 1. The Bertz CT molecular complexity index is 516. The Kier molecular flexibility index (Phi) is 4.44. The fraction of sp³-hybridized carbons (Fsp3) is 0.800. The third-order valence-corrected chi connectivity index (χ3v) is 4.90. The van der Waals surface area contributed by atoms with Crippen molar-refractivity contribution in [3.63, 3.8) is 0 Å². The second kappa shape index (κ2) is 6.34. The second-order valence-corrected chi connectivity index (χ2v) is 6.82. The first kappa shape index (κ1) is 15.4. The molecule has 7 nitrogen and oxygen atoms in total. The van der Waals surface area contributed by atoms with E-state index in [2.05, 4.69) is 32.2 Å². The van der Waals surface area contributed by atoms with Gasteiger partial charge in [-0.1, -0.05) is 12.1 Å². The molecule has 0 saturated carbocycles. The number of hydrogen-bond acceptors (Lipinski definition) is 6. The molecule has 2 fully saturated rings. The van der Waals surface area contributed by atoms with Crippen molar-refractivity contribution in [2.75, 3.05) is 39.8 Å². The number of nitrogens with one attached hydrogen (secondary N) is 1. The van der Waals surface area contributed by atoms with Crippen molar-refractivity contribution in [1.29, 1.82) is 0 Å². The summed E-state index contributed by atoms with van der Waals surface area (Å²) in [6.45, 7) is 7.96. The molecule has 0 radical (unpaired) electrons. The van der Waals surface area contributed by atoms with Crippen LogP contribution in [-0.4, -0.2) is 65.7 Å². The second-order valence-electron chi connectivity index (χ2n) is 6.82. The van der Waals surface area contributed by atoms with Gasteiger partial charge in [0.1, 0.15) is 0 Å². The van der Waals surface area contributed by atoms with E-state index in [1.165, 1.54) is 13.5 Å². The Morgan fingerprint density at radius 2 is 2.27 bits per heavy atom. The average Bonchev–Trinajstić information content (AvgIpc) is 3.17. The van der Waals surface area contributed by atoms with E-state index >= 15 is 0 Å². The summed E-state index contributed by atoms with van der Waals surface area (Å²) in [6.07, 6.45) is 5.06. The topological polar surface area (TPSA) is 72.3 Å². The van der Waals surface area contributed by atoms with Crippen LogP contribution >= 0.6 is 0 Å². The Balaban J connectivity index is 1.53. The van der Waals surface area contributed by atoms with Crippen LogP contribution in [0.1, 0.15) is 42.7 Å². The van der Waals surface area contributed by atoms with Crippen LogP contribution in [0, 0.1) is 5.41 Å². The first-order valence-corrected chi connectivity index (χ1v) is 8.03. The number of carbonyl (C=O) groups is 1. The molecule has 3 heterocycles. The SMILES string of the molecule is COC(=O)c1cn(C2CCN(CC3(C)CCNC3)CC2)nn1. The van der Waals surface area contributed by atoms with Gasteiger partial charge in [0.25, 0.3) is 0 Å². The minimum atomic E-state index is -0.426. The maximum absolute atomic E-state index is 11.4. The van der Waals surface area contributed by atoms with Crippen LogP contribution in [0.2, 0.25) is 0 Å². The van der Waals surface area contributed by atoms with Gasteiger partial charge in [0.15, 0.2) is 5.69 Å². The number of methoxy groups -OCH3 is 1. The standard InChI is InChI=1S/C15H25N5O2/c1-15(5-6-16-10-15)11-19-7-3-12(4-8-19)20-9-13(17-18-20)14(21)22-2/h9,12,16H,3-8,10-11H2,1-2H3. The van der Waals surface area contributed by atoms with Crippen molar-refractivity contribution < 1.29 is 9.53 Å². The molecule has 2 aliphatic heterocycles. The summed E-state index contributed by atoms with van der Waals surface area (Å²) in [4.78, 5) is 14.0. The molecule has 1 aromatic heterocycles. The van der Waals surface area contributed by atoms with E-state index in [4.69, 9.17) is 0 Å². The number of rotatable bonds is 4. The summed E-state index contributed by atoms with van der Waals surface area (Å²) in [5, 5.41) is 11.4. The molecular weight excluding hydrogens is 282 g/mol. The van der Waals surface area contributed by atoms with E-state index in [1.54, 1.807) is 6.20 Å². The first-order chi connectivity index (χ1) is 10.6. The predicted octanol–water partition coefficient (Wildman–Crippen LogP) is 0.701. The summed E-state index contributed by atoms with van der Waals surface area (Å²) in [6, 6.07) is 0.330. The average molecular weight is 307 g/mol. The number of hydrogen-bond donors (Lipinski definition) is 1. The lowest BCUT2D eigenvalue weighted by Crippen LogP contribution is -2.42. The van der Waals surface area contributed by atoms with Crippen molar-refractivity contribution in [3.8, 4) is 0 Å². The number of aromatic nitrogens is 3. The van der Waals surface area contributed by atoms with E-state index in [1.807, 2.05) is 4.68 Å². The molecule has 0 aromatic carbocycles. The first-order valence-electron chi connectivity index (χ1n) is 8.03. The van der Waals surface area contributed by atoms with Crippen molar-refractivity contribution in [3.05, 3.63) is 11.9 Å². The summed E-state index contributed by atoms with van der Waals surface area (Å²) < 4.78 is 6.49. The molecule has 3 rings (SSSR count). The van der Waals surface area contributed by atoms with Crippen LogP contribution in [0.25, 0.3) is 0 Å². The lowest BCUT2D eigenvalue weighted by molar-refractivity contribution is 0.0594. The van der Waals surface area contributed by atoms with Crippen molar-refractivity contribution in [2.45, 2.75) is 32.2 Å². The highest BCUT2D eigenvalue weighted by atomic mass is 16.5. The van der Waals surface area contributed by atoms with Gasteiger partial charge in [0.2, 0.25) is 0 Å². The van der Waals surface area contributed by atoms with Crippen LogP contribution in [0.4, 0.5) is 0 Å². The molecule has 0 aliphatic carbocycles. The van der Waals surface area contributed by atoms with Gasteiger partial charge in [0, 0.05) is 26.2 Å². The Labute approximate surface area is 131 Å². The fourth-order valence-corrected chi connectivity index (χ4v) is 3.54. The molecule has 122 valence electrons. The number of piperidine rings is 1. The zero-order valence-electron chi connectivity index (χ0n) is 13.4. The van der Waals surface area contributed by atoms with E-state index in [0.29, 0.717) is 11.5 Å². The monoisotopic (exact) mass is 307 g/mol. The van der Waals surface area contributed by atoms with Crippen LogP contribution < -0.4 is 5.32 Å². The molecule has 1 unspecified atom stereocenters. The number of carbonyl (C=O) groups excluding carboxylic acids is 1. The summed E-state index contributed by atoms with van der Waals surface area (Å²) >= 11 is 0. The Hall–Kier alpha value is -1.47. The lowest BCUT2D eigenvalue weighted by Gasteiger charge is -2.36. The van der Waals surface area contributed by atoms with E-state index in [9.17, 15) is 4.79 Å². The van der Waals surface area contributed by atoms with Crippen molar-refractivity contribution in [1.82, 2.24) is 25.2 Å². The van der Waals surface area contributed by atoms with Crippen LogP contribution in [0.5, 0.6) is 0 Å². The maximum atomic E-state index is 11.4. The smallest absolute Gasteiger partial charge is 0.360 e. The largest absolute Gasteiger partial charge is 0.464 e. The number of nitrogens with zero attached hydrogens (tertiary/aromatic N) is 4. The van der Waals surface area contributed by atoms with Gasteiger partial charge in [0.05, 0.1) is 19.3 Å². The highest BCUT2D eigenvalue weighted by molar-refractivity contribution is 5.86. The van der Waals surface area contributed by atoms with E-state index in [-0.39, 0.29) is 5.69 Å².